The number of carboxylic acid groups (broad SMARTS) is 3. The number of ether oxygens (including phenoxy) is 4. The molecule has 15 nitrogen and oxygen atoms in total. The van der Waals surface area contributed by atoms with Gasteiger partial charge in [0.1, 0.15) is 12.2 Å². The van der Waals surface area contributed by atoms with E-state index in [4.69, 9.17) is 18.9 Å². The predicted molar refractivity (Wildman–Crippen MR) is 172 cm³/mol. The van der Waals surface area contributed by atoms with Crippen LogP contribution in [0.3, 0.4) is 0 Å². The van der Waals surface area contributed by atoms with Crippen molar-refractivity contribution >= 4 is 29.8 Å². The zero-order valence-electron chi connectivity index (χ0n) is 28.6. The first-order valence-electron chi connectivity index (χ1n) is 16.2. The number of aliphatic hydroxyl groups is 3. The first-order chi connectivity index (χ1) is 23.2. The Morgan fingerprint density at radius 2 is 1.70 bits per heavy atom. The Balaban J connectivity index is 2.03. The number of carbonyl (C=O) groups is 5. The molecule has 276 valence electrons. The third-order valence-electron chi connectivity index (χ3n) is 9.29. The van der Waals surface area contributed by atoms with E-state index < -0.39 is 83.3 Å². The van der Waals surface area contributed by atoms with Crippen molar-refractivity contribution in [1.82, 2.24) is 0 Å². The van der Waals surface area contributed by atoms with Gasteiger partial charge in [-0.25, -0.2) is 19.2 Å². The van der Waals surface area contributed by atoms with E-state index in [1.165, 1.54) is 13.8 Å². The molecule has 1 aromatic rings. The number of esters is 2. The van der Waals surface area contributed by atoms with Gasteiger partial charge in [0.2, 0.25) is 23.1 Å². The van der Waals surface area contributed by atoms with E-state index in [1.54, 1.807) is 6.92 Å². The average Bonchev–Trinajstić information content (AvgIpc) is 3.25. The summed E-state index contributed by atoms with van der Waals surface area (Å²) in [5.41, 5.74) is -7.98. The van der Waals surface area contributed by atoms with Gasteiger partial charge >= 0.3 is 29.8 Å². The van der Waals surface area contributed by atoms with Crippen molar-refractivity contribution in [2.45, 2.75) is 114 Å². The molecule has 3 rings (SSSR count). The largest absolute Gasteiger partial charge is 0.479 e. The Morgan fingerprint density at radius 3 is 2.22 bits per heavy atom. The number of fused-ring (bicyclic) bond motifs is 2. The fourth-order valence-corrected chi connectivity index (χ4v) is 6.63. The molecule has 10 atom stereocenters. The molecular weight excluding hydrogens is 660 g/mol. The highest BCUT2D eigenvalue weighted by molar-refractivity contribution is 5.98. The maximum atomic E-state index is 13.1. The number of carboxylic acids is 3. The van der Waals surface area contributed by atoms with Gasteiger partial charge < -0.3 is 49.6 Å². The zero-order valence-corrected chi connectivity index (χ0v) is 28.6. The summed E-state index contributed by atoms with van der Waals surface area (Å²) in [6.45, 7) is 12.1. The lowest BCUT2D eigenvalue weighted by Gasteiger charge is -2.48. The van der Waals surface area contributed by atoms with Crippen molar-refractivity contribution in [3.8, 4) is 0 Å². The standard InChI is InChI=1S/C35H46O15/c1-7-19(2)18-32(6,45)15-14-24(37)48-27-26(38)33(49-28(29(39)40)34(46,30(41)42)35(27,50-33)31(43)44)16-13-20(3)25(47-22(5)36)21(4)17-23-11-9-8-10-12-23/h8-12,14-15,19,21,25-28,38,45-46H,3,7,13,16-18H2,1-2,4-6H3,(H,39,40)(H,41,42)(H,43,44)/t19-,21+,25+,26+,27+,28+,32+,33-,34+,35-/m0/s1. The van der Waals surface area contributed by atoms with E-state index in [9.17, 15) is 54.6 Å². The minimum Gasteiger partial charge on any atom is -0.479 e. The van der Waals surface area contributed by atoms with Gasteiger partial charge in [-0.3, -0.25) is 4.79 Å². The predicted octanol–water partition coefficient (Wildman–Crippen LogP) is 2.00. The second-order valence-corrected chi connectivity index (χ2v) is 13.4. The summed E-state index contributed by atoms with van der Waals surface area (Å²) < 4.78 is 21.9. The highest BCUT2D eigenvalue weighted by atomic mass is 16.8. The maximum absolute atomic E-state index is 13.1. The van der Waals surface area contributed by atoms with Crippen molar-refractivity contribution in [2.24, 2.45) is 11.8 Å². The molecule has 1 aromatic carbocycles. The van der Waals surface area contributed by atoms with Crippen molar-refractivity contribution in [3.63, 3.8) is 0 Å². The molecule has 6 N–H and O–H groups in total. The third-order valence-corrected chi connectivity index (χ3v) is 9.29. The number of aliphatic hydroxyl groups excluding tert-OH is 1. The first kappa shape index (κ1) is 40.3. The number of hydrogen-bond acceptors (Lipinski definition) is 12. The van der Waals surface area contributed by atoms with E-state index in [1.807, 2.05) is 44.2 Å². The van der Waals surface area contributed by atoms with Crippen LogP contribution < -0.4 is 0 Å². The molecular formula is C35H46O15. The van der Waals surface area contributed by atoms with E-state index in [-0.39, 0.29) is 30.3 Å². The summed E-state index contributed by atoms with van der Waals surface area (Å²) in [4.78, 5) is 63.0. The van der Waals surface area contributed by atoms with Crippen LogP contribution in [0.5, 0.6) is 0 Å². The molecule has 0 saturated carbocycles. The van der Waals surface area contributed by atoms with Crippen LogP contribution in [0, 0.1) is 11.8 Å². The molecule has 2 saturated heterocycles. The van der Waals surface area contributed by atoms with Crippen LogP contribution in [0.15, 0.2) is 54.6 Å². The van der Waals surface area contributed by atoms with Gasteiger partial charge in [0.25, 0.3) is 0 Å². The lowest BCUT2D eigenvalue weighted by molar-refractivity contribution is -0.374. The molecule has 0 unspecified atom stereocenters. The summed E-state index contributed by atoms with van der Waals surface area (Å²) in [7, 11) is 0. The van der Waals surface area contributed by atoms with Crippen molar-refractivity contribution in [1.29, 1.82) is 0 Å². The van der Waals surface area contributed by atoms with E-state index in [0.717, 1.165) is 17.7 Å². The Labute approximate surface area is 289 Å². The van der Waals surface area contributed by atoms with Crippen LogP contribution in [0.4, 0.5) is 0 Å². The summed E-state index contributed by atoms with van der Waals surface area (Å²) >= 11 is 0. The molecule has 2 aliphatic rings. The van der Waals surface area contributed by atoms with Crippen LogP contribution >= 0.6 is 0 Å². The van der Waals surface area contributed by atoms with Crippen molar-refractivity contribution < 1.29 is 73.6 Å². The second-order valence-electron chi connectivity index (χ2n) is 13.4. The zero-order chi connectivity index (χ0) is 37.8. The minimum absolute atomic E-state index is 0.0392. The van der Waals surface area contributed by atoms with Gasteiger partial charge in [-0.2, -0.15) is 0 Å². The molecule has 50 heavy (non-hydrogen) atoms. The molecule has 0 aliphatic carbocycles. The number of hydrogen-bond donors (Lipinski definition) is 6. The second kappa shape index (κ2) is 15.4. The lowest BCUT2D eigenvalue weighted by Crippen LogP contribution is -2.78. The molecule has 0 spiro atoms. The van der Waals surface area contributed by atoms with Crippen LogP contribution in [-0.2, 0) is 49.3 Å². The van der Waals surface area contributed by atoms with Crippen LogP contribution in [0.25, 0.3) is 0 Å². The molecule has 2 fully saturated rings. The van der Waals surface area contributed by atoms with E-state index in [2.05, 4.69) is 6.58 Å². The molecule has 0 radical (unpaired) electrons. The first-order valence-corrected chi connectivity index (χ1v) is 16.2. The fourth-order valence-electron chi connectivity index (χ4n) is 6.63. The monoisotopic (exact) mass is 706 g/mol. The smallest absolute Gasteiger partial charge is 0.344 e. The SMILES string of the molecule is C=C(CC[C@]12O[C@H](C(=O)O)[C@@](O)(C(=O)O)[C@](C(=O)O)(O1)[C@H](OC(=O)C=C[C@@](C)(O)C[C@@H](C)CC)[C@H]2O)[C@@H](OC(C)=O)[C@H](C)Cc1ccccc1. The number of carbonyl (C=O) groups excluding carboxylic acids is 2. The highest BCUT2D eigenvalue weighted by Crippen LogP contribution is 2.56. The molecule has 0 aromatic heterocycles. The third kappa shape index (κ3) is 7.92. The van der Waals surface area contributed by atoms with Gasteiger partial charge in [0.05, 0.1) is 5.60 Å². The van der Waals surface area contributed by atoms with Crippen LogP contribution in [0.2, 0.25) is 0 Å². The fraction of sp³-hybridized carbons (Fsp3) is 0.571. The number of benzene rings is 1. The molecule has 15 heteroatoms. The summed E-state index contributed by atoms with van der Waals surface area (Å²) in [5.74, 6) is -11.9. The topological polar surface area (TPSA) is 244 Å². The molecule has 2 heterocycles. The Hall–Kier alpha value is -4.15. The van der Waals surface area contributed by atoms with Gasteiger partial charge in [-0.05, 0) is 49.3 Å². The Morgan fingerprint density at radius 1 is 1.08 bits per heavy atom. The average molecular weight is 707 g/mol. The van der Waals surface area contributed by atoms with Gasteiger partial charge in [-0.15, -0.1) is 0 Å². The quantitative estimate of drug-likeness (QED) is 0.0771. The van der Waals surface area contributed by atoms with Crippen molar-refractivity contribution in [2.75, 3.05) is 0 Å². The van der Waals surface area contributed by atoms with Gasteiger partial charge in [0.15, 0.2) is 6.10 Å². The number of aliphatic carboxylic acids is 3. The summed E-state index contributed by atoms with van der Waals surface area (Å²) in [6.07, 6.45) is -6.49. The maximum Gasteiger partial charge on any atom is 0.344 e. The van der Waals surface area contributed by atoms with Gasteiger partial charge in [0, 0.05) is 25.3 Å². The van der Waals surface area contributed by atoms with Crippen LogP contribution in [-0.4, -0.2) is 107 Å². The Bertz CT molecular complexity index is 1490. The lowest BCUT2D eigenvalue weighted by atomic mass is 9.74. The van der Waals surface area contributed by atoms with Gasteiger partial charge in [-0.1, -0.05) is 64.1 Å². The minimum atomic E-state index is -3.95. The molecule has 0 amide bonds. The normalized spacial score (nSPS) is 30.4. The summed E-state index contributed by atoms with van der Waals surface area (Å²) in [5, 5.41) is 64.2. The van der Waals surface area contributed by atoms with E-state index >= 15 is 0 Å². The number of rotatable bonds is 17. The van der Waals surface area contributed by atoms with Crippen molar-refractivity contribution in [3.05, 3.63) is 60.2 Å². The highest BCUT2D eigenvalue weighted by Gasteiger charge is 2.85. The summed E-state index contributed by atoms with van der Waals surface area (Å²) in [6, 6.07) is 9.23. The van der Waals surface area contributed by atoms with E-state index in [0.29, 0.717) is 12.8 Å². The van der Waals surface area contributed by atoms with Crippen LogP contribution in [0.1, 0.15) is 65.9 Å². The molecule has 2 bridgehead atoms. The molecule has 2 aliphatic heterocycles. The Kier molecular flexibility index (Phi) is 12.4.